The number of thiocarbonyl (C=S) groups is 1. The van der Waals surface area contributed by atoms with E-state index in [1.54, 1.807) is 47.8 Å². The number of furan rings is 1. The van der Waals surface area contributed by atoms with Crippen molar-refractivity contribution in [2.45, 2.75) is 0 Å². The Balaban J connectivity index is 1.70. The summed E-state index contributed by atoms with van der Waals surface area (Å²) in [5, 5.41) is 10.1. The minimum Gasteiger partial charge on any atom is -0.495 e. The van der Waals surface area contributed by atoms with Gasteiger partial charge in [0.1, 0.15) is 5.75 Å². The molecule has 3 aromatic rings. The van der Waals surface area contributed by atoms with Crippen LogP contribution in [0.25, 0.3) is 0 Å². The zero-order valence-electron chi connectivity index (χ0n) is 14.1. The second-order valence-electron chi connectivity index (χ2n) is 5.23. The van der Waals surface area contributed by atoms with Crippen molar-refractivity contribution in [2.75, 3.05) is 17.7 Å². The maximum atomic E-state index is 12.1. The van der Waals surface area contributed by atoms with Crippen LogP contribution in [0, 0.1) is 0 Å². The van der Waals surface area contributed by atoms with Gasteiger partial charge in [0.25, 0.3) is 11.8 Å². The van der Waals surface area contributed by atoms with Crippen LogP contribution in [0.5, 0.6) is 5.75 Å². The number of hydrogen-bond acceptors (Lipinski definition) is 6. The largest absolute Gasteiger partial charge is 0.495 e. The molecular formula is C18H15N3O4S2. The van der Waals surface area contributed by atoms with Crippen LogP contribution >= 0.6 is 23.6 Å². The fourth-order valence-electron chi connectivity index (χ4n) is 2.21. The summed E-state index contributed by atoms with van der Waals surface area (Å²) in [5.41, 5.74) is 0.998. The molecule has 0 radical (unpaired) electrons. The Morgan fingerprint density at radius 1 is 1.11 bits per heavy atom. The number of ether oxygens (including phenoxy) is 1. The minimum absolute atomic E-state index is 0.112. The third kappa shape index (κ3) is 4.72. The summed E-state index contributed by atoms with van der Waals surface area (Å²) in [6, 6.07) is 11.7. The number of benzene rings is 1. The Morgan fingerprint density at radius 3 is 2.63 bits per heavy atom. The van der Waals surface area contributed by atoms with Gasteiger partial charge in [0.2, 0.25) is 0 Å². The molecule has 3 rings (SSSR count). The predicted octanol–water partition coefficient (Wildman–Crippen LogP) is 3.73. The van der Waals surface area contributed by atoms with Gasteiger partial charge in [-0.15, -0.1) is 11.3 Å². The number of carbonyl (C=O) groups is 2. The highest BCUT2D eigenvalue weighted by molar-refractivity contribution is 7.80. The lowest BCUT2D eigenvalue weighted by Gasteiger charge is -2.14. The SMILES string of the molecule is COc1ccc(NC(=O)c2ccco2)cc1NC(=S)NC(=O)c1cccs1. The van der Waals surface area contributed by atoms with E-state index in [-0.39, 0.29) is 22.7 Å². The van der Waals surface area contributed by atoms with E-state index in [4.69, 9.17) is 21.4 Å². The molecule has 27 heavy (non-hydrogen) atoms. The molecule has 1 aromatic carbocycles. The van der Waals surface area contributed by atoms with E-state index in [2.05, 4.69) is 16.0 Å². The number of anilines is 2. The van der Waals surface area contributed by atoms with Crippen LogP contribution in [-0.2, 0) is 0 Å². The molecule has 0 spiro atoms. The van der Waals surface area contributed by atoms with Crippen LogP contribution in [-0.4, -0.2) is 24.0 Å². The lowest BCUT2D eigenvalue weighted by atomic mass is 10.2. The number of amides is 2. The van der Waals surface area contributed by atoms with Crippen molar-refractivity contribution in [2.24, 2.45) is 0 Å². The van der Waals surface area contributed by atoms with E-state index < -0.39 is 0 Å². The standard InChI is InChI=1S/C18H15N3O4S2/c1-24-13-7-6-11(19-16(22)14-4-2-8-25-14)10-12(13)20-18(26)21-17(23)15-5-3-9-27-15/h2-10H,1H3,(H,19,22)(H2,20,21,23,26). The smallest absolute Gasteiger partial charge is 0.291 e. The van der Waals surface area contributed by atoms with E-state index in [1.807, 2.05) is 0 Å². The third-order valence-corrected chi connectivity index (χ3v) is 4.50. The first-order chi connectivity index (χ1) is 13.1. The summed E-state index contributed by atoms with van der Waals surface area (Å²) in [4.78, 5) is 24.7. The van der Waals surface area contributed by atoms with Crippen LogP contribution in [0.4, 0.5) is 11.4 Å². The highest BCUT2D eigenvalue weighted by Gasteiger charge is 2.13. The lowest BCUT2D eigenvalue weighted by molar-refractivity contribution is 0.0978. The quantitative estimate of drug-likeness (QED) is 0.564. The molecule has 0 unspecified atom stereocenters. The molecule has 0 saturated carbocycles. The summed E-state index contributed by atoms with van der Waals surface area (Å²) >= 11 is 6.51. The van der Waals surface area contributed by atoms with Gasteiger partial charge >= 0.3 is 0 Å². The Hall–Kier alpha value is -3.17. The highest BCUT2D eigenvalue weighted by Crippen LogP contribution is 2.28. The van der Waals surface area contributed by atoms with Gasteiger partial charge in [-0.05, 0) is 54.0 Å². The predicted molar refractivity (Wildman–Crippen MR) is 108 cm³/mol. The Labute approximate surface area is 164 Å². The number of thiophene rings is 1. The van der Waals surface area contributed by atoms with Crippen molar-refractivity contribution in [1.82, 2.24) is 5.32 Å². The van der Waals surface area contributed by atoms with Crippen molar-refractivity contribution in [1.29, 1.82) is 0 Å². The fraction of sp³-hybridized carbons (Fsp3) is 0.0556. The second kappa shape index (κ2) is 8.47. The summed E-state index contributed by atoms with van der Waals surface area (Å²) in [6.45, 7) is 0. The monoisotopic (exact) mass is 401 g/mol. The molecule has 0 saturated heterocycles. The van der Waals surface area contributed by atoms with Crippen LogP contribution in [0.15, 0.2) is 58.5 Å². The third-order valence-electron chi connectivity index (χ3n) is 3.42. The summed E-state index contributed by atoms with van der Waals surface area (Å²) in [6.07, 6.45) is 1.42. The molecule has 3 N–H and O–H groups in total. The molecular weight excluding hydrogens is 386 g/mol. The minimum atomic E-state index is -0.385. The van der Waals surface area contributed by atoms with E-state index in [0.717, 1.165) is 0 Å². The van der Waals surface area contributed by atoms with Gasteiger partial charge in [-0.25, -0.2) is 0 Å². The molecule has 0 aliphatic rings. The molecule has 2 aromatic heterocycles. The number of nitrogens with one attached hydrogen (secondary N) is 3. The average Bonchev–Trinajstić information content (AvgIpc) is 3.35. The molecule has 0 atom stereocenters. The first-order valence-electron chi connectivity index (χ1n) is 7.75. The van der Waals surface area contributed by atoms with Crippen molar-refractivity contribution in [3.63, 3.8) is 0 Å². The average molecular weight is 401 g/mol. The Bertz CT molecular complexity index is 953. The summed E-state index contributed by atoms with van der Waals surface area (Å²) in [7, 11) is 1.51. The molecule has 138 valence electrons. The van der Waals surface area contributed by atoms with Gasteiger partial charge in [-0.3, -0.25) is 14.9 Å². The van der Waals surface area contributed by atoms with Gasteiger partial charge in [-0.2, -0.15) is 0 Å². The van der Waals surface area contributed by atoms with Gasteiger partial charge in [-0.1, -0.05) is 6.07 Å². The van der Waals surface area contributed by atoms with Crippen molar-refractivity contribution >= 4 is 51.9 Å². The maximum absolute atomic E-state index is 12.1. The Kier molecular flexibility index (Phi) is 5.84. The second-order valence-corrected chi connectivity index (χ2v) is 6.59. The van der Waals surface area contributed by atoms with Crippen molar-refractivity contribution in [3.8, 4) is 5.75 Å². The number of rotatable bonds is 5. The maximum Gasteiger partial charge on any atom is 0.291 e. The van der Waals surface area contributed by atoms with Gasteiger partial charge in [0.15, 0.2) is 10.9 Å². The van der Waals surface area contributed by atoms with E-state index in [0.29, 0.717) is 22.0 Å². The topological polar surface area (TPSA) is 92.6 Å². The molecule has 0 fully saturated rings. The number of hydrogen-bond donors (Lipinski definition) is 3. The van der Waals surface area contributed by atoms with E-state index >= 15 is 0 Å². The highest BCUT2D eigenvalue weighted by atomic mass is 32.1. The normalized spacial score (nSPS) is 10.1. The van der Waals surface area contributed by atoms with E-state index in [9.17, 15) is 9.59 Å². The Morgan fingerprint density at radius 2 is 1.96 bits per heavy atom. The number of methoxy groups -OCH3 is 1. The molecule has 9 heteroatoms. The van der Waals surface area contributed by atoms with E-state index in [1.165, 1.54) is 24.7 Å². The summed E-state index contributed by atoms with van der Waals surface area (Å²) < 4.78 is 10.4. The van der Waals surface area contributed by atoms with Crippen LogP contribution in [0.3, 0.4) is 0 Å². The van der Waals surface area contributed by atoms with Crippen molar-refractivity contribution in [3.05, 3.63) is 64.7 Å². The zero-order chi connectivity index (χ0) is 19.2. The summed E-state index contributed by atoms with van der Waals surface area (Å²) in [5.74, 6) is 0.00575. The van der Waals surface area contributed by atoms with Crippen LogP contribution < -0.4 is 20.7 Å². The molecule has 0 aliphatic heterocycles. The van der Waals surface area contributed by atoms with Crippen molar-refractivity contribution < 1.29 is 18.7 Å². The van der Waals surface area contributed by atoms with Gasteiger partial charge in [0.05, 0.1) is 23.9 Å². The first-order valence-corrected chi connectivity index (χ1v) is 9.04. The number of carbonyl (C=O) groups excluding carboxylic acids is 2. The van der Waals surface area contributed by atoms with Gasteiger partial charge < -0.3 is 19.8 Å². The first kappa shape index (κ1) is 18.6. The van der Waals surface area contributed by atoms with Crippen LogP contribution in [0.2, 0.25) is 0 Å². The molecule has 2 amide bonds. The van der Waals surface area contributed by atoms with Crippen LogP contribution in [0.1, 0.15) is 20.2 Å². The van der Waals surface area contributed by atoms with Gasteiger partial charge in [0, 0.05) is 5.69 Å². The molecule has 0 bridgehead atoms. The zero-order valence-corrected chi connectivity index (χ0v) is 15.8. The molecule has 2 heterocycles. The molecule has 0 aliphatic carbocycles. The molecule has 7 nitrogen and oxygen atoms in total. The lowest BCUT2D eigenvalue weighted by Crippen LogP contribution is -2.33. The fourth-order valence-corrected chi connectivity index (χ4v) is 3.03.